The molecule has 0 aliphatic rings. The van der Waals surface area contributed by atoms with Gasteiger partial charge in [-0.3, -0.25) is 0 Å². The minimum Gasteiger partial charge on any atom is -0.0776 e. The Labute approximate surface area is 106 Å². The summed E-state index contributed by atoms with van der Waals surface area (Å²) in [5.41, 5.74) is 0. The lowest BCUT2D eigenvalue weighted by molar-refractivity contribution is 0.397. The highest BCUT2D eigenvalue weighted by Crippen LogP contribution is 2.20. The van der Waals surface area contributed by atoms with E-state index in [1.807, 2.05) is 0 Å². The zero-order chi connectivity index (χ0) is 10.6. The van der Waals surface area contributed by atoms with E-state index in [2.05, 4.69) is 20.8 Å². The van der Waals surface area contributed by atoms with Crippen molar-refractivity contribution in [3.63, 3.8) is 0 Å². The van der Waals surface area contributed by atoms with Crippen molar-refractivity contribution in [1.29, 1.82) is 0 Å². The van der Waals surface area contributed by atoms with Crippen LogP contribution >= 0.6 is 0 Å². The van der Waals surface area contributed by atoms with Gasteiger partial charge in [0, 0.05) is 0 Å². The average Bonchev–Trinajstić information content (AvgIpc) is 2.22. The Balaban J connectivity index is -0.000000845. The highest BCUT2D eigenvalue weighted by molar-refractivity contribution is 4.58. The maximum Gasteiger partial charge on any atom is -0.0417 e. The van der Waals surface area contributed by atoms with E-state index in [0.29, 0.717) is 0 Å². The third kappa shape index (κ3) is 14.0. The van der Waals surface area contributed by atoms with Crippen molar-refractivity contribution >= 4 is 0 Å². The van der Waals surface area contributed by atoms with E-state index in [1.54, 1.807) is 0 Å². The molecule has 0 saturated carbocycles. The van der Waals surface area contributed by atoms with E-state index < -0.39 is 0 Å². The Morgan fingerprint density at radius 2 is 1.06 bits per heavy atom. The molecule has 0 fully saturated rings. The molecule has 0 aliphatic carbocycles. The summed E-state index contributed by atoms with van der Waals surface area (Å²) in [5, 5.41) is 0. The summed E-state index contributed by atoms with van der Waals surface area (Å²) in [6, 6.07) is 0. The fourth-order valence-electron chi connectivity index (χ4n) is 2.10. The van der Waals surface area contributed by atoms with Crippen LogP contribution in [0.25, 0.3) is 0 Å². The number of hydrogen-bond donors (Lipinski definition) is 0. The first-order valence-electron chi connectivity index (χ1n) is 6.85. The minimum absolute atomic E-state index is 0. The Bertz CT molecular complexity index is 96.2. The normalized spacial score (nSPS) is 11.4. The van der Waals surface area contributed by atoms with Crippen LogP contribution in [-0.4, -0.2) is 0 Å². The molecule has 0 rings (SSSR count). The lowest BCUT2D eigenvalue weighted by Crippen LogP contribution is -1.98. The highest BCUT2D eigenvalue weighted by atomic mass is 14.1. The maximum absolute atomic E-state index is 2.36. The summed E-state index contributed by atoms with van der Waals surface area (Å²) in [7, 11) is 0. The molecule has 16 heavy (non-hydrogen) atoms. The molecule has 0 aliphatic heterocycles. The van der Waals surface area contributed by atoms with Crippen molar-refractivity contribution in [2.75, 3.05) is 0 Å². The van der Waals surface area contributed by atoms with Gasteiger partial charge in [0.05, 0.1) is 0 Å². The molecule has 0 amide bonds. The number of rotatable bonds is 10. The van der Waals surface area contributed by atoms with Crippen LogP contribution in [-0.2, 0) is 0 Å². The van der Waals surface area contributed by atoms with Gasteiger partial charge in [-0.1, -0.05) is 99.8 Å². The van der Waals surface area contributed by atoms with E-state index >= 15 is 0 Å². The summed E-state index contributed by atoms with van der Waals surface area (Å²) >= 11 is 0. The Morgan fingerprint density at radius 3 is 1.50 bits per heavy atom. The monoisotopic (exact) mass is 230 g/mol. The predicted octanol–water partition coefficient (Wildman–Crippen LogP) is 6.84. The number of hydrogen-bond acceptors (Lipinski definition) is 0. The second-order valence-corrected chi connectivity index (χ2v) is 4.62. The van der Waals surface area contributed by atoms with E-state index in [-0.39, 0.29) is 14.9 Å². The Morgan fingerprint density at radius 1 is 0.625 bits per heavy atom. The predicted molar refractivity (Wildman–Crippen MR) is 80.1 cm³/mol. The molecule has 0 saturated heterocycles. The Hall–Kier alpha value is 0. The van der Waals surface area contributed by atoms with Gasteiger partial charge in [-0.05, 0) is 5.92 Å². The first kappa shape index (κ1) is 21.3. The van der Waals surface area contributed by atoms with E-state index in [4.69, 9.17) is 0 Å². The van der Waals surface area contributed by atoms with Gasteiger partial charge in [0.25, 0.3) is 0 Å². The summed E-state index contributed by atoms with van der Waals surface area (Å²) in [6.07, 6.45) is 14.4. The van der Waals surface area contributed by atoms with E-state index in [0.717, 1.165) is 5.92 Å². The molecule has 102 valence electrons. The first-order chi connectivity index (χ1) is 6.85. The molecular weight excluding hydrogens is 192 g/mol. The molecule has 0 nitrogen and oxygen atoms in total. The van der Waals surface area contributed by atoms with Gasteiger partial charge < -0.3 is 0 Å². The topological polar surface area (TPSA) is 0 Å². The fourth-order valence-corrected chi connectivity index (χ4v) is 2.10. The average molecular weight is 230 g/mol. The van der Waals surface area contributed by atoms with Crippen LogP contribution in [0.15, 0.2) is 0 Å². The van der Waals surface area contributed by atoms with Crippen LogP contribution in [0.5, 0.6) is 0 Å². The van der Waals surface area contributed by atoms with E-state index in [1.165, 1.54) is 64.2 Å². The third-order valence-corrected chi connectivity index (χ3v) is 3.26. The second kappa shape index (κ2) is 17.4. The van der Waals surface area contributed by atoms with Crippen molar-refractivity contribution in [3.8, 4) is 0 Å². The molecule has 0 N–H and O–H groups in total. The molecule has 0 aromatic heterocycles. The third-order valence-electron chi connectivity index (χ3n) is 3.26. The van der Waals surface area contributed by atoms with Crippen LogP contribution in [0.2, 0.25) is 0 Å². The van der Waals surface area contributed by atoms with Gasteiger partial charge >= 0.3 is 0 Å². The fraction of sp³-hybridized carbons (Fsp3) is 1.00. The molecule has 0 bridgehead atoms. The largest absolute Gasteiger partial charge is 0.0776 e. The summed E-state index contributed by atoms with van der Waals surface area (Å²) in [4.78, 5) is 0. The molecule has 1 unspecified atom stereocenters. The van der Waals surface area contributed by atoms with Gasteiger partial charge in [-0.15, -0.1) is 0 Å². The summed E-state index contributed by atoms with van der Waals surface area (Å²) in [6.45, 7) is 6.94. The van der Waals surface area contributed by atoms with Crippen LogP contribution < -0.4 is 0 Å². The van der Waals surface area contributed by atoms with Crippen LogP contribution in [0.3, 0.4) is 0 Å². The molecule has 0 radical (unpaired) electrons. The summed E-state index contributed by atoms with van der Waals surface area (Å²) in [5.74, 6) is 1.03. The van der Waals surface area contributed by atoms with Gasteiger partial charge in [-0.2, -0.15) is 0 Å². The molecule has 0 aromatic carbocycles. The van der Waals surface area contributed by atoms with Crippen LogP contribution in [0.4, 0.5) is 0 Å². The molecule has 0 spiro atoms. The summed E-state index contributed by atoms with van der Waals surface area (Å²) < 4.78 is 0. The van der Waals surface area contributed by atoms with Gasteiger partial charge in [0.2, 0.25) is 0 Å². The first-order valence-corrected chi connectivity index (χ1v) is 6.85. The minimum atomic E-state index is 0. The molecular formula is C16H38. The molecule has 0 heteroatoms. The smallest absolute Gasteiger partial charge is 0.0417 e. The zero-order valence-electron chi connectivity index (χ0n) is 10.6. The quantitative estimate of drug-likeness (QED) is 0.361. The van der Waals surface area contributed by atoms with Gasteiger partial charge in [0.1, 0.15) is 0 Å². The SMILES string of the molecule is C.C.CCCCCCC(CC)CCCCC. The standard InChI is InChI=1S/C14H30.2CH4/c1-4-7-9-11-13-14(6-3)12-10-8-5-2;;/h14H,4-13H2,1-3H3;2*1H4. The lowest BCUT2D eigenvalue weighted by atomic mass is 9.93. The van der Waals surface area contributed by atoms with E-state index in [9.17, 15) is 0 Å². The van der Waals surface area contributed by atoms with Crippen molar-refractivity contribution in [2.45, 2.75) is 99.8 Å². The molecule has 0 aromatic rings. The van der Waals surface area contributed by atoms with Gasteiger partial charge in [0.15, 0.2) is 0 Å². The second-order valence-electron chi connectivity index (χ2n) is 4.62. The molecule has 0 heterocycles. The highest BCUT2D eigenvalue weighted by Gasteiger charge is 2.04. The zero-order valence-corrected chi connectivity index (χ0v) is 10.6. The van der Waals surface area contributed by atoms with Gasteiger partial charge in [-0.25, -0.2) is 0 Å². The van der Waals surface area contributed by atoms with Crippen molar-refractivity contribution in [3.05, 3.63) is 0 Å². The maximum atomic E-state index is 2.36. The van der Waals surface area contributed by atoms with Crippen molar-refractivity contribution < 1.29 is 0 Å². The van der Waals surface area contributed by atoms with Crippen LogP contribution in [0.1, 0.15) is 99.8 Å². The Kier molecular flexibility index (Phi) is 23.2. The lowest BCUT2D eigenvalue weighted by Gasteiger charge is -2.13. The van der Waals surface area contributed by atoms with Crippen molar-refractivity contribution in [1.82, 2.24) is 0 Å². The van der Waals surface area contributed by atoms with Crippen molar-refractivity contribution in [2.24, 2.45) is 5.92 Å². The molecule has 1 atom stereocenters. The van der Waals surface area contributed by atoms with Crippen LogP contribution in [0, 0.1) is 5.92 Å². The number of unbranched alkanes of at least 4 members (excludes halogenated alkanes) is 5.